The number of aromatic carboxylic acids is 1. The molecule has 2 aromatic carbocycles. The molecule has 6 heteroatoms. The number of halogens is 1. The Bertz CT molecular complexity index is 829. The minimum Gasteiger partial charge on any atom is -0.545 e. The second-order valence-corrected chi connectivity index (χ2v) is 5.40. The van der Waals surface area contributed by atoms with Gasteiger partial charge in [0.05, 0.1) is 11.5 Å². The van der Waals surface area contributed by atoms with Crippen molar-refractivity contribution in [3.8, 4) is 5.75 Å². The monoisotopic (exact) mass is 328 g/mol. The van der Waals surface area contributed by atoms with E-state index in [-0.39, 0.29) is 18.1 Å². The van der Waals surface area contributed by atoms with Crippen LogP contribution >= 0.6 is 11.6 Å². The first kappa shape index (κ1) is 15.1. The molecule has 116 valence electrons. The summed E-state index contributed by atoms with van der Waals surface area (Å²) < 4.78 is 5.52. The van der Waals surface area contributed by atoms with Gasteiger partial charge in [0.1, 0.15) is 12.4 Å². The lowest BCUT2D eigenvalue weighted by Crippen LogP contribution is -2.23. The summed E-state index contributed by atoms with van der Waals surface area (Å²) in [5, 5.41) is 14.0. The summed E-state index contributed by atoms with van der Waals surface area (Å²) in [7, 11) is 0. The first-order valence-corrected chi connectivity index (χ1v) is 7.16. The van der Waals surface area contributed by atoms with Crippen molar-refractivity contribution in [2.24, 2.45) is 0 Å². The number of ether oxygens (including phenoxy) is 1. The standard InChI is InChI=1S/C17H12ClNO4/c18-13-4-5-15-11(7-13)6-12(9-23-15)16(20)19-14-3-1-2-10(8-14)17(21)22/h1-8H,9H2,(H,19,20)(H,21,22)/p-1. The minimum absolute atomic E-state index is 0.00574. The highest BCUT2D eigenvalue weighted by atomic mass is 35.5. The zero-order valence-corrected chi connectivity index (χ0v) is 12.6. The van der Waals surface area contributed by atoms with Crippen molar-refractivity contribution in [3.63, 3.8) is 0 Å². The average molecular weight is 329 g/mol. The number of hydrogen-bond acceptors (Lipinski definition) is 4. The van der Waals surface area contributed by atoms with Crippen molar-refractivity contribution >= 4 is 35.2 Å². The number of benzene rings is 2. The van der Waals surface area contributed by atoms with E-state index in [4.69, 9.17) is 16.3 Å². The number of fused-ring (bicyclic) bond motifs is 1. The van der Waals surface area contributed by atoms with E-state index in [1.54, 1.807) is 30.3 Å². The van der Waals surface area contributed by atoms with Crippen LogP contribution in [0.4, 0.5) is 5.69 Å². The number of rotatable bonds is 3. The van der Waals surface area contributed by atoms with Gasteiger partial charge in [-0.05, 0) is 42.0 Å². The van der Waals surface area contributed by atoms with Gasteiger partial charge < -0.3 is 20.0 Å². The topological polar surface area (TPSA) is 78.5 Å². The second kappa shape index (κ2) is 6.14. The number of anilines is 1. The Kier molecular flexibility index (Phi) is 4.04. The number of carbonyl (C=O) groups excluding carboxylic acids is 2. The number of carbonyl (C=O) groups is 2. The van der Waals surface area contributed by atoms with E-state index in [1.165, 1.54) is 18.2 Å². The van der Waals surface area contributed by atoms with E-state index < -0.39 is 5.97 Å². The molecule has 5 nitrogen and oxygen atoms in total. The highest BCUT2D eigenvalue weighted by Gasteiger charge is 2.17. The number of carboxylic acid groups (broad SMARTS) is 1. The molecule has 3 rings (SSSR count). The number of carboxylic acids is 1. The Hall–Kier alpha value is -2.79. The second-order valence-electron chi connectivity index (χ2n) is 4.96. The molecule has 0 saturated heterocycles. The molecule has 23 heavy (non-hydrogen) atoms. The summed E-state index contributed by atoms with van der Waals surface area (Å²) >= 11 is 5.93. The predicted octanol–water partition coefficient (Wildman–Crippen LogP) is 2.12. The minimum atomic E-state index is -1.30. The molecule has 0 spiro atoms. The van der Waals surface area contributed by atoms with Crippen LogP contribution in [-0.2, 0) is 4.79 Å². The van der Waals surface area contributed by atoms with Gasteiger partial charge in [0, 0.05) is 16.3 Å². The van der Waals surface area contributed by atoms with E-state index in [0.29, 0.717) is 22.0 Å². The molecule has 0 unspecified atom stereocenters. The Balaban J connectivity index is 1.81. The highest BCUT2D eigenvalue weighted by molar-refractivity contribution is 6.30. The van der Waals surface area contributed by atoms with Crippen LogP contribution < -0.4 is 15.2 Å². The molecular weight excluding hydrogens is 318 g/mol. The van der Waals surface area contributed by atoms with Gasteiger partial charge in [-0.1, -0.05) is 23.7 Å². The SMILES string of the molecule is O=C(Nc1cccc(C(=O)[O-])c1)C1=Cc2cc(Cl)ccc2OC1. The van der Waals surface area contributed by atoms with Crippen molar-refractivity contribution < 1.29 is 19.4 Å². The van der Waals surface area contributed by atoms with Crippen LogP contribution in [0.3, 0.4) is 0 Å². The average Bonchev–Trinajstić information content (AvgIpc) is 2.54. The fraction of sp³-hybridized carbons (Fsp3) is 0.0588. The van der Waals surface area contributed by atoms with E-state index in [1.807, 2.05) is 0 Å². The highest BCUT2D eigenvalue weighted by Crippen LogP contribution is 2.29. The van der Waals surface area contributed by atoms with Crippen LogP contribution in [0.25, 0.3) is 6.08 Å². The van der Waals surface area contributed by atoms with Crippen LogP contribution in [0.2, 0.25) is 5.02 Å². The van der Waals surface area contributed by atoms with Gasteiger partial charge in [-0.15, -0.1) is 0 Å². The van der Waals surface area contributed by atoms with Crippen molar-refractivity contribution in [1.29, 1.82) is 0 Å². The molecule has 1 aliphatic rings. The number of amides is 1. The molecule has 0 aromatic heterocycles. The Labute approximate surface area is 137 Å². The molecule has 1 heterocycles. The zero-order valence-electron chi connectivity index (χ0n) is 11.8. The van der Waals surface area contributed by atoms with Crippen LogP contribution in [0.15, 0.2) is 48.0 Å². The lowest BCUT2D eigenvalue weighted by Gasteiger charge is -2.18. The molecule has 1 amide bonds. The lowest BCUT2D eigenvalue weighted by molar-refractivity contribution is -0.255. The Morgan fingerprint density at radius 2 is 2.00 bits per heavy atom. The smallest absolute Gasteiger partial charge is 0.255 e. The van der Waals surface area contributed by atoms with Gasteiger partial charge in [-0.3, -0.25) is 4.79 Å². The summed E-state index contributed by atoms with van der Waals surface area (Å²) in [5.41, 5.74) is 1.50. The quantitative estimate of drug-likeness (QED) is 0.936. The molecule has 0 atom stereocenters. The van der Waals surface area contributed by atoms with Crippen molar-refractivity contribution in [2.75, 3.05) is 11.9 Å². The summed E-state index contributed by atoms with van der Waals surface area (Å²) in [5.74, 6) is -1.01. The fourth-order valence-electron chi connectivity index (χ4n) is 2.21. The van der Waals surface area contributed by atoms with Gasteiger partial charge in [-0.2, -0.15) is 0 Å². The zero-order chi connectivity index (χ0) is 16.4. The molecule has 2 aromatic rings. The maximum absolute atomic E-state index is 12.3. The lowest BCUT2D eigenvalue weighted by atomic mass is 10.1. The largest absolute Gasteiger partial charge is 0.545 e. The normalized spacial score (nSPS) is 12.7. The summed E-state index contributed by atoms with van der Waals surface area (Å²) in [6.07, 6.45) is 1.70. The van der Waals surface area contributed by atoms with Crippen LogP contribution in [0, 0.1) is 0 Å². The number of hydrogen-bond donors (Lipinski definition) is 1. The van der Waals surface area contributed by atoms with Gasteiger partial charge in [0.25, 0.3) is 5.91 Å². The van der Waals surface area contributed by atoms with E-state index >= 15 is 0 Å². The van der Waals surface area contributed by atoms with Crippen molar-refractivity contribution in [1.82, 2.24) is 0 Å². The van der Waals surface area contributed by atoms with Crippen LogP contribution in [0.1, 0.15) is 15.9 Å². The van der Waals surface area contributed by atoms with Crippen LogP contribution in [0.5, 0.6) is 5.75 Å². The summed E-state index contributed by atoms with van der Waals surface area (Å²) in [6, 6.07) is 11.0. The molecule has 0 aliphatic carbocycles. The first-order valence-electron chi connectivity index (χ1n) is 6.78. The van der Waals surface area contributed by atoms with Gasteiger partial charge >= 0.3 is 0 Å². The van der Waals surface area contributed by atoms with Crippen molar-refractivity contribution in [3.05, 3.63) is 64.2 Å². The predicted molar refractivity (Wildman–Crippen MR) is 84.3 cm³/mol. The molecule has 0 saturated carbocycles. The first-order chi connectivity index (χ1) is 11.0. The number of nitrogens with one attached hydrogen (secondary N) is 1. The van der Waals surface area contributed by atoms with Crippen LogP contribution in [-0.4, -0.2) is 18.5 Å². The third-order valence-electron chi connectivity index (χ3n) is 3.33. The molecule has 0 radical (unpaired) electrons. The summed E-state index contributed by atoms with van der Waals surface area (Å²) in [4.78, 5) is 23.1. The fourth-order valence-corrected chi connectivity index (χ4v) is 2.40. The van der Waals surface area contributed by atoms with Gasteiger partial charge in [-0.25, -0.2) is 0 Å². The molecular formula is C17H11ClNO4-. The molecule has 1 N–H and O–H groups in total. The maximum atomic E-state index is 12.3. The molecule has 1 aliphatic heterocycles. The third-order valence-corrected chi connectivity index (χ3v) is 3.57. The van der Waals surface area contributed by atoms with E-state index in [9.17, 15) is 14.7 Å². The van der Waals surface area contributed by atoms with E-state index in [2.05, 4.69) is 5.32 Å². The van der Waals surface area contributed by atoms with Gasteiger partial charge in [0.15, 0.2) is 0 Å². The third kappa shape index (κ3) is 3.35. The molecule has 0 bridgehead atoms. The Morgan fingerprint density at radius 3 is 2.78 bits per heavy atom. The van der Waals surface area contributed by atoms with E-state index in [0.717, 1.165) is 5.56 Å². The summed E-state index contributed by atoms with van der Waals surface area (Å²) in [6.45, 7) is 0.126. The maximum Gasteiger partial charge on any atom is 0.255 e. The van der Waals surface area contributed by atoms with Gasteiger partial charge in [0.2, 0.25) is 0 Å². The molecule has 0 fully saturated rings. The Morgan fingerprint density at radius 1 is 1.17 bits per heavy atom. The van der Waals surface area contributed by atoms with Crippen molar-refractivity contribution in [2.45, 2.75) is 0 Å².